The predicted molar refractivity (Wildman–Crippen MR) is 123 cm³/mol. The summed E-state index contributed by atoms with van der Waals surface area (Å²) in [6, 6.07) is 24.0. The first-order valence-electron chi connectivity index (χ1n) is 9.25. The van der Waals surface area contributed by atoms with E-state index in [2.05, 4.69) is 4.98 Å². The Hall–Kier alpha value is -3.67. The van der Waals surface area contributed by atoms with E-state index in [0.29, 0.717) is 16.3 Å². The van der Waals surface area contributed by atoms with E-state index >= 15 is 0 Å². The molecule has 4 aromatic rings. The third kappa shape index (κ3) is 3.89. The average molecular weight is 448 g/mol. The second-order valence-electron chi connectivity index (χ2n) is 6.65. The number of hydrogen-bond donors (Lipinski definition) is 1. The van der Waals surface area contributed by atoms with Crippen molar-refractivity contribution in [3.8, 4) is 6.07 Å². The van der Waals surface area contributed by atoms with E-state index < -0.39 is 10.0 Å². The quantitative estimate of drug-likeness (QED) is 0.340. The minimum absolute atomic E-state index is 0.0400. The van der Waals surface area contributed by atoms with Crippen LogP contribution in [-0.2, 0) is 10.0 Å². The molecule has 6 nitrogen and oxygen atoms in total. The van der Waals surface area contributed by atoms with Gasteiger partial charge in [0.05, 0.1) is 20.8 Å². The van der Waals surface area contributed by atoms with Crippen molar-refractivity contribution in [1.29, 1.82) is 5.26 Å². The summed E-state index contributed by atoms with van der Waals surface area (Å²) in [6.07, 6.45) is 0. The number of fused-ring (bicyclic) bond motifs is 1. The summed E-state index contributed by atoms with van der Waals surface area (Å²) in [5.41, 5.74) is 1.65. The van der Waals surface area contributed by atoms with Gasteiger partial charge in [-0.15, -0.1) is 11.3 Å². The number of rotatable bonds is 5. The van der Waals surface area contributed by atoms with Crippen molar-refractivity contribution in [1.82, 2.24) is 4.98 Å². The first kappa shape index (κ1) is 20.6. The zero-order chi connectivity index (χ0) is 22.0. The number of para-hydroxylation sites is 2. The smallest absolute Gasteiger partial charge is 0.264 e. The van der Waals surface area contributed by atoms with Crippen LogP contribution in [0.15, 0.2) is 83.8 Å². The molecule has 0 bridgehead atoms. The molecule has 31 heavy (non-hydrogen) atoms. The van der Waals surface area contributed by atoms with Gasteiger partial charge in [0, 0.05) is 12.6 Å². The van der Waals surface area contributed by atoms with Gasteiger partial charge in [-0.25, -0.2) is 13.4 Å². The molecule has 0 fully saturated rings. The van der Waals surface area contributed by atoms with Crippen LogP contribution < -0.4 is 4.31 Å². The lowest BCUT2D eigenvalue weighted by molar-refractivity contribution is 0.514. The van der Waals surface area contributed by atoms with Crippen molar-refractivity contribution >= 4 is 48.6 Å². The zero-order valence-corrected chi connectivity index (χ0v) is 18.1. The van der Waals surface area contributed by atoms with E-state index in [1.165, 1.54) is 47.0 Å². The molecule has 1 heterocycles. The highest BCUT2D eigenvalue weighted by atomic mass is 32.2. The van der Waals surface area contributed by atoms with Gasteiger partial charge in [0.2, 0.25) is 0 Å². The molecule has 154 valence electrons. The Kier molecular flexibility index (Phi) is 5.46. The Labute approximate surface area is 184 Å². The highest BCUT2D eigenvalue weighted by molar-refractivity contribution is 7.92. The maximum Gasteiger partial charge on any atom is 0.264 e. The van der Waals surface area contributed by atoms with Crippen LogP contribution in [0.2, 0.25) is 0 Å². The molecule has 0 saturated carbocycles. The van der Waals surface area contributed by atoms with Crippen LogP contribution >= 0.6 is 11.3 Å². The fourth-order valence-electron chi connectivity index (χ4n) is 3.05. The van der Waals surface area contributed by atoms with Crippen LogP contribution in [0.5, 0.6) is 0 Å². The lowest BCUT2D eigenvalue weighted by Crippen LogP contribution is -2.26. The summed E-state index contributed by atoms with van der Waals surface area (Å²) in [5, 5.41) is 20.7. The fraction of sp³-hybridized carbons (Fsp3) is 0.0435. The average Bonchev–Trinajstić information content (AvgIpc) is 3.23. The van der Waals surface area contributed by atoms with Gasteiger partial charge >= 0.3 is 0 Å². The van der Waals surface area contributed by atoms with Crippen molar-refractivity contribution in [2.45, 2.75) is 4.90 Å². The number of hydrogen-bond acceptors (Lipinski definition) is 6. The summed E-state index contributed by atoms with van der Waals surface area (Å²) in [6.45, 7) is 0. The van der Waals surface area contributed by atoms with Gasteiger partial charge < -0.3 is 5.11 Å². The molecule has 0 unspecified atom stereocenters. The molecule has 0 saturated heterocycles. The van der Waals surface area contributed by atoms with E-state index in [1.54, 1.807) is 24.3 Å². The molecule has 0 aliphatic heterocycles. The van der Waals surface area contributed by atoms with E-state index in [9.17, 15) is 18.8 Å². The van der Waals surface area contributed by atoms with Gasteiger partial charge in [-0.2, -0.15) is 5.26 Å². The first-order chi connectivity index (χ1) is 14.9. The summed E-state index contributed by atoms with van der Waals surface area (Å²) in [7, 11) is -2.29. The van der Waals surface area contributed by atoms with Crippen LogP contribution in [0.25, 0.3) is 21.5 Å². The summed E-state index contributed by atoms with van der Waals surface area (Å²) in [4.78, 5) is 4.50. The summed E-state index contributed by atoms with van der Waals surface area (Å²) < 4.78 is 27.9. The Bertz CT molecular complexity index is 1390. The fourth-order valence-corrected chi connectivity index (χ4v) is 5.20. The maximum absolute atomic E-state index is 12.9. The van der Waals surface area contributed by atoms with Crippen molar-refractivity contribution in [3.05, 3.63) is 89.4 Å². The number of nitriles is 1. The van der Waals surface area contributed by atoms with E-state index in [4.69, 9.17) is 0 Å². The monoisotopic (exact) mass is 447 g/mol. The topological polar surface area (TPSA) is 94.3 Å². The van der Waals surface area contributed by atoms with Gasteiger partial charge in [0.25, 0.3) is 10.0 Å². The van der Waals surface area contributed by atoms with Gasteiger partial charge in [0.15, 0.2) is 0 Å². The summed E-state index contributed by atoms with van der Waals surface area (Å²) >= 11 is 1.31. The number of benzene rings is 3. The maximum atomic E-state index is 12.9. The van der Waals surface area contributed by atoms with Gasteiger partial charge in [0.1, 0.15) is 22.4 Å². The zero-order valence-electron chi connectivity index (χ0n) is 16.4. The van der Waals surface area contributed by atoms with Gasteiger partial charge in [-0.3, -0.25) is 4.31 Å². The highest BCUT2D eigenvalue weighted by Crippen LogP contribution is 2.31. The van der Waals surface area contributed by atoms with Crippen LogP contribution in [0.3, 0.4) is 0 Å². The number of nitrogens with zero attached hydrogens (tertiary/aromatic N) is 3. The minimum Gasteiger partial charge on any atom is -0.506 e. The van der Waals surface area contributed by atoms with Crippen molar-refractivity contribution in [2.75, 3.05) is 11.4 Å². The van der Waals surface area contributed by atoms with E-state index in [0.717, 1.165) is 10.2 Å². The number of aromatic nitrogens is 1. The molecule has 0 aliphatic rings. The molecule has 0 spiro atoms. The second-order valence-corrected chi connectivity index (χ2v) is 9.65. The second kappa shape index (κ2) is 8.22. The number of aliphatic hydroxyl groups is 1. The molecule has 0 radical (unpaired) electrons. The van der Waals surface area contributed by atoms with Crippen LogP contribution in [0, 0.1) is 11.3 Å². The lowest BCUT2D eigenvalue weighted by atomic mass is 10.1. The number of thiazole rings is 1. The van der Waals surface area contributed by atoms with Crippen molar-refractivity contribution in [2.24, 2.45) is 0 Å². The Morgan fingerprint density at radius 3 is 2.29 bits per heavy atom. The molecule has 4 rings (SSSR count). The van der Waals surface area contributed by atoms with Gasteiger partial charge in [-0.05, 0) is 48.5 Å². The molecule has 0 amide bonds. The Morgan fingerprint density at radius 2 is 1.65 bits per heavy atom. The molecule has 3 aromatic carbocycles. The van der Waals surface area contributed by atoms with Crippen molar-refractivity contribution in [3.63, 3.8) is 0 Å². The minimum atomic E-state index is -3.77. The van der Waals surface area contributed by atoms with Gasteiger partial charge in [-0.1, -0.05) is 30.3 Å². The molecule has 8 heteroatoms. The number of sulfonamides is 1. The molecule has 0 atom stereocenters. The number of anilines is 1. The molecule has 0 aliphatic carbocycles. The van der Waals surface area contributed by atoms with Crippen molar-refractivity contribution < 1.29 is 13.5 Å². The molecule has 1 aromatic heterocycles. The Morgan fingerprint density at radius 1 is 1.00 bits per heavy atom. The number of allylic oxidation sites excluding steroid dienone is 1. The summed E-state index contributed by atoms with van der Waals surface area (Å²) in [5.74, 6) is -0.248. The number of aliphatic hydroxyl groups excluding tert-OH is 1. The van der Waals surface area contributed by atoms with E-state index in [1.807, 2.05) is 36.4 Å². The van der Waals surface area contributed by atoms with E-state index in [-0.39, 0.29) is 16.2 Å². The molecular formula is C23H17N3O3S2. The first-order valence-corrected chi connectivity index (χ1v) is 11.5. The normalized spacial score (nSPS) is 12.3. The van der Waals surface area contributed by atoms with Crippen LogP contribution in [-0.4, -0.2) is 25.6 Å². The highest BCUT2D eigenvalue weighted by Gasteiger charge is 2.22. The molecule has 1 N–H and O–H groups in total. The lowest BCUT2D eigenvalue weighted by Gasteiger charge is -2.19. The predicted octanol–water partition coefficient (Wildman–Crippen LogP) is 5.07. The largest absolute Gasteiger partial charge is 0.506 e. The third-order valence-electron chi connectivity index (χ3n) is 4.76. The Balaban J connectivity index is 1.68. The SMILES string of the molecule is CN(c1ccccc1)S(=O)(=O)c1ccc(C(O)=C(C#N)c2nc3ccccc3s2)cc1. The van der Waals surface area contributed by atoms with Crippen LogP contribution in [0.4, 0.5) is 5.69 Å². The molecular weight excluding hydrogens is 430 g/mol. The standard InChI is InChI=1S/C23H17N3O3S2/c1-26(17-7-3-2-4-8-17)31(28,29)18-13-11-16(12-14-18)22(27)19(15-24)23-25-20-9-5-6-10-21(20)30-23/h2-14,27H,1H3. The van der Waals surface area contributed by atoms with Crippen LogP contribution in [0.1, 0.15) is 10.6 Å². The third-order valence-corrected chi connectivity index (χ3v) is 7.62.